The number of aryl methyl sites for hydroxylation is 1. The Balaban J connectivity index is 1.85. The highest BCUT2D eigenvalue weighted by Crippen LogP contribution is 2.21. The van der Waals surface area contributed by atoms with Crippen LogP contribution in [0.5, 0.6) is 0 Å². The predicted octanol–water partition coefficient (Wildman–Crippen LogP) is 2.67. The molecule has 2 aromatic carbocycles. The van der Waals surface area contributed by atoms with Crippen LogP contribution in [0.1, 0.15) is 42.1 Å². The van der Waals surface area contributed by atoms with Crippen LogP contribution in [0.15, 0.2) is 36.4 Å². The molecule has 3 rings (SSSR count). The van der Waals surface area contributed by atoms with Crippen molar-refractivity contribution in [1.29, 1.82) is 0 Å². The number of nitrogens with one attached hydrogen (secondary N) is 1. The number of rotatable bonds is 7. The number of benzene rings is 2. The fourth-order valence-corrected chi connectivity index (χ4v) is 3.36. The molecule has 3 aromatic rings. The largest absolute Gasteiger partial charge is 0.349 e. The van der Waals surface area contributed by atoms with Crippen LogP contribution in [0.2, 0.25) is 0 Å². The second kappa shape index (κ2) is 8.41. The number of para-hydroxylation sites is 2. The van der Waals surface area contributed by atoms with Gasteiger partial charge in [0.1, 0.15) is 5.52 Å². The van der Waals surface area contributed by atoms with Crippen LogP contribution in [0.25, 0.3) is 22.1 Å². The molecule has 0 fully saturated rings. The highest BCUT2D eigenvalue weighted by molar-refractivity contribution is 6.06. The molecular weight excluding hydrogens is 338 g/mol. The molecule has 27 heavy (non-hydrogen) atoms. The molecule has 5 N–H and O–H groups in total. The van der Waals surface area contributed by atoms with Crippen LogP contribution in [0.4, 0.5) is 0 Å². The molecule has 0 saturated carbocycles. The van der Waals surface area contributed by atoms with Crippen molar-refractivity contribution in [2.24, 2.45) is 11.5 Å². The average Bonchev–Trinajstić information content (AvgIpc) is 2.64. The molecule has 0 saturated heterocycles. The lowest BCUT2D eigenvalue weighted by molar-refractivity contribution is 0.0938. The van der Waals surface area contributed by atoms with Gasteiger partial charge in [-0.05, 0) is 63.4 Å². The summed E-state index contributed by atoms with van der Waals surface area (Å²) in [5.74, 6) is -0.152. The lowest BCUT2D eigenvalue weighted by Gasteiger charge is -2.19. The van der Waals surface area contributed by atoms with Crippen molar-refractivity contribution in [3.05, 3.63) is 47.5 Å². The zero-order valence-corrected chi connectivity index (χ0v) is 15.9. The molecule has 6 heteroatoms. The summed E-state index contributed by atoms with van der Waals surface area (Å²) in [6.45, 7) is 4.60. The van der Waals surface area contributed by atoms with Gasteiger partial charge < -0.3 is 16.8 Å². The lowest BCUT2D eigenvalue weighted by Crippen LogP contribution is -2.37. The van der Waals surface area contributed by atoms with Crippen LogP contribution >= 0.6 is 0 Å². The molecule has 1 amide bonds. The first kappa shape index (κ1) is 19.2. The summed E-state index contributed by atoms with van der Waals surface area (Å²) >= 11 is 0. The van der Waals surface area contributed by atoms with Gasteiger partial charge >= 0.3 is 0 Å². The van der Waals surface area contributed by atoms with Gasteiger partial charge in [0.05, 0.1) is 22.1 Å². The standard InChI is InChI=1S/C21H27N5O/c1-13-6-3-9-17-19(13)26-20-16(8-4-10-18(20)25-17)21(27)24-14(2)12-15(23)7-5-11-22/h3-4,6,8-10,14-15H,5,7,11-12,22-23H2,1-2H3,(H,24,27). The van der Waals surface area contributed by atoms with E-state index in [1.807, 2.05) is 44.2 Å². The summed E-state index contributed by atoms with van der Waals surface area (Å²) in [5.41, 5.74) is 16.2. The normalized spacial score (nSPS) is 13.6. The van der Waals surface area contributed by atoms with Crippen molar-refractivity contribution in [3.63, 3.8) is 0 Å². The Morgan fingerprint density at radius 2 is 1.81 bits per heavy atom. The molecule has 1 aromatic heterocycles. The number of nitrogens with zero attached hydrogens (tertiary/aromatic N) is 2. The van der Waals surface area contributed by atoms with Gasteiger partial charge in [-0.25, -0.2) is 9.97 Å². The molecule has 0 bridgehead atoms. The zero-order valence-electron chi connectivity index (χ0n) is 15.9. The third-order valence-corrected chi connectivity index (χ3v) is 4.75. The van der Waals surface area contributed by atoms with E-state index in [2.05, 4.69) is 10.3 Å². The Bertz CT molecular complexity index is 956. The Labute approximate surface area is 159 Å². The summed E-state index contributed by atoms with van der Waals surface area (Å²) in [7, 11) is 0. The zero-order chi connectivity index (χ0) is 19.4. The summed E-state index contributed by atoms with van der Waals surface area (Å²) in [6, 6.07) is 11.4. The van der Waals surface area contributed by atoms with Crippen LogP contribution in [0, 0.1) is 6.92 Å². The van der Waals surface area contributed by atoms with E-state index >= 15 is 0 Å². The molecule has 0 aliphatic heterocycles. The van der Waals surface area contributed by atoms with E-state index in [1.165, 1.54) is 0 Å². The predicted molar refractivity (Wildman–Crippen MR) is 110 cm³/mol. The number of hydrogen-bond acceptors (Lipinski definition) is 5. The Morgan fingerprint density at radius 1 is 1.11 bits per heavy atom. The maximum atomic E-state index is 12.8. The molecule has 0 aliphatic rings. The smallest absolute Gasteiger partial charge is 0.253 e. The van der Waals surface area contributed by atoms with Crippen molar-refractivity contribution >= 4 is 28.0 Å². The number of hydrogen-bond donors (Lipinski definition) is 3. The minimum Gasteiger partial charge on any atom is -0.349 e. The molecular formula is C21H27N5O. The maximum Gasteiger partial charge on any atom is 0.253 e. The highest BCUT2D eigenvalue weighted by Gasteiger charge is 2.17. The van der Waals surface area contributed by atoms with Crippen molar-refractivity contribution < 1.29 is 4.79 Å². The van der Waals surface area contributed by atoms with Crippen molar-refractivity contribution in [2.75, 3.05) is 6.54 Å². The number of amides is 1. The Kier molecular flexibility index (Phi) is 5.98. The van der Waals surface area contributed by atoms with Crippen LogP contribution in [0.3, 0.4) is 0 Å². The summed E-state index contributed by atoms with van der Waals surface area (Å²) in [5, 5.41) is 3.04. The molecule has 0 aliphatic carbocycles. The summed E-state index contributed by atoms with van der Waals surface area (Å²) in [6.07, 6.45) is 2.47. The molecule has 0 spiro atoms. The molecule has 142 valence electrons. The van der Waals surface area contributed by atoms with E-state index in [0.717, 1.165) is 29.4 Å². The van der Waals surface area contributed by atoms with E-state index in [1.54, 1.807) is 6.07 Å². The Hall–Kier alpha value is -2.57. The fourth-order valence-electron chi connectivity index (χ4n) is 3.36. The number of carbonyl (C=O) groups excluding carboxylic acids is 1. The molecule has 2 atom stereocenters. The van der Waals surface area contributed by atoms with E-state index in [0.29, 0.717) is 29.6 Å². The number of carbonyl (C=O) groups is 1. The van der Waals surface area contributed by atoms with E-state index in [4.69, 9.17) is 16.5 Å². The molecule has 0 radical (unpaired) electrons. The van der Waals surface area contributed by atoms with Crippen molar-refractivity contribution in [3.8, 4) is 0 Å². The first-order valence-corrected chi connectivity index (χ1v) is 9.42. The van der Waals surface area contributed by atoms with Crippen LogP contribution in [-0.4, -0.2) is 34.5 Å². The minimum absolute atomic E-state index is 0.0303. The van der Waals surface area contributed by atoms with Gasteiger partial charge in [-0.1, -0.05) is 18.2 Å². The van der Waals surface area contributed by atoms with Gasteiger partial charge in [0.25, 0.3) is 5.91 Å². The minimum atomic E-state index is -0.152. The Morgan fingerprint density at radius 3 is 2.56 bits per heavy atom. The second-order valence-electron chi connectivity index (χ2n) is 7.14. The highest BCUT2D eigenvalue weighted by atomic mass is 16.1. The SMILES string of the molecule is Cc1cccc2nc3cccc(C(=O)NC(C)CC(N)CCCN)c3nc12. The van der Waals surface area contributed by atoms with E-state index in [-0.39, 0.29) is 18.0 Å². The quantitative estimate of drug-likeness (QED) is 0.558. The first-order valence-electron chi connectivity index (χ1n) is 9.42. The topological polar surface area (TPSA) is 107 Å². The van der Waals surface area contributed by atoms with Gasteiger partial charge in [0.15, 0.2) is 0 Å². The van der Waals surface area contributed by atoms with Gasteiger partial charge in [-0.3, -0.25) is 4.79 Å². The summed E-state index contributed by atoms with van der Waals surface area (Å²) in [4.78, 5) is 22.3. The van der Waals surface area contributed by atoms with E-state index in [9.17, 15) is 4.79 Å². The van der Waals surface area contributed by atoms with Gasteiger partial charge in [0, 0.05) is 12.1 Å². The molecule has 6 nitrogen and oxygen atoms in total. The number of fused-ring (bicyclic) bond motifs is 2. The maximum absolute atomic E-state index is 12.8. The van der Waals surface area contributed by atoms with Gasteiger partial charge in [0.2, 0.25) is 0 Å². The monoisotopic (exact) mass is 365 g/mol. The van der Waals surface area contributed by atoms with Gasteiger partial charge in [-0.2, -0.15) is 0 Å². The van der Waals surface area contributed by atoms with Gasteiger partial charge in [-0.15, -0.1) is 0 Å². The lowest BCUT2D eigenvalue weighted by atomic mass is 10.0. The van der Waals surface area contributed by atoms with Crippen molar-refractivity contribution in [2.45, 2.75) is 45.2 Å². The first-order chi connectivity index (χ1) is 13.0. The molecule has 1 heterocycles. The third-order valence-electron chi connectivity index (χ3n) is 4.75. The van der Waals surface area contributed by atoms with E-state index < -0.39 is 0 Å². The third kappa shape index (κ3) is 4.40. The second-order valence-corrected chi connectivity index (χ2v) is 7.14. The number of aromatic nitrogens is 2. The summed E-state index contributed by atoms with van der Waals surface area (Å²) < 4.78 is 0. The fraction of sp³-hybridized carbons (Fsp3) is 0.381. The van der Waals surface area contributed by atoms with Crippen LogP contribution < -0.4 is 16.8 Å². The number of nitrogens with two attached hydrogens (primary N) is 2. The molecule has 2 unspecified atom stereocenters. The van der Waals surface area contributed by atoms with Crippen LogP contribution in [-0.2, 0) is 0 Å². The van der Waals surface area contributed by atoms with Crippen molar-refractivity contribution in [1.82, 2.24) is 15.3 Å². The average molecular weight is 365 g/mol.